The summed E-state index contributed by atoms with van der Waals surface area (Å²) < 4.78 is 7.71. The standard InChI is InChI=1S/C20H22N6O2S/c1-12-13(2)26(14-6-3-4-7-14)18(15(12)10-21)23-17(27)11-29-20-25-24-19(28-20)16-8-5-9-22-16/h5,8-9,14,22H,3-4,6-7,11H2,1-2H3,(H,23,27). The molecular formula is C20H22N6O2S. The largest absolute Gasteiger partial charge is 0.410 e. The SMILES string of the molecule is Cc1c(C#N)c(NC(=O)CSc2nnc(-c3ccc[nH]3)o2)n(C2CCCC2)c1C. The van der Waals surface area contributed by atoms with Gasteiger partial charge in [0.05, 0.1) is 11.3 Å². The number of nitrogens with one attached hydrogen (secondary N) is 2. The second-order valence-electron chi connectivity index (χ2n) is 7.15. The van der Waals surface area contributed by atoms with Gasteiger partial charge < -0.3 is 19.3 Å². The second kappa shape index (κ2) is 8.17. The van der Waals surface area contributed by atoms with Crippen LogP contribution in [0.3, 0.4) is 0 Å². The van der Waals surface area contributed by atoms with Crippen molar-refractivity contribution in [2.45, 2.75) is 50.8 Å². The van der Waals surface area contributed by atoms with Crippen molar-refractivity contribution in [2.24, 2.45) is 0 Å². The van der Waals surface area contributed by atoms with Crippen LogP contribution in [-0.2, 0) is 4.79 Å². The van der Waals surface area contributed by atoms with Gasteiger partial charge in [-0.1, -0.05) is 24.6 Å². The van der Waals surface area contributed by atoms with E-state index in [0.29, 0.717) is 28.5 Å². The van der Waals surface area contributed by atoms with E-state index in [0.717, 1.165) is 29.8 Å². The predicted octanol–water partition coefficient (Wildman–Crippen LogP) is 4.20. The third-order valence-corrected chi connectivity index (χ3v) is 6.20. The maximum atomic E-state index is 12.6. The Morgan fingerprint density at radius 1 is 1.41 bits per heavy atom. The predicted molar refractivity (Wildman–Crippen MR) is 110 cm³/mol. The fourth-order valence-electron chi connectivity index (χ4n) is 3.84. The molecule has 1 amide bonds. The monoisotopic (exact) mass is 410 g/mol. The number of hydrogen-bond acceptors (Lipinski definition) is 6. The summed E-state index contributed by atoms with van der Waals surface area (Å²) in [6.07, 6.45) is 6.26. The number of thioether (sulfide) groups is 1. The van der Waals surface area contributed by atoms with Crippen LogP contribution in [0.15, 0.2) is 28.0 Å². The van der Waals surface area contributed by atoms with Crippen molar-refractivity contribution in [1.82, 2.24) is 19.7 Å². The first-order valence-corrected chi connectivity index (χ1v) is 10.6. The highest BCUT2D eigenvalue weighted by atomic mass is 32.2. The van der Waals surface area contributed by atoms with Crippen molar-refractivity contribution < 1.29 is 9.21 Å². The molecule has 1 aliphatic carbocycles. The average Bonchev–Trinajstić information content (AvgIpc) is 3.50. The van der Waals surface area contributed by atoms with Crippen molar-refractivity contribution in [3.8, 4) is 17.7 Å². The molecule has 4 rings (SSSR count). The molecule has 0 radical (unpaired) electrons. The minimum Gasteiger partial charge on any atom is -0.410 e. The molecule has 1 saturated carbocycles. The van der Waals surface area contributed by atoms with E-state index < -0.39 is 0 Å². The number of aromatic nitrogens is 4. The van der Waals surface area contributed by atoms with Crippen LogP contribution in [0.4, 0.5) is 5.82 Å². The van der Waals surface area contributed by atoms with Crippen molar-refractivity contribution in [2.75, 3.05) is 11.1 Å². The lowest BCUT2D eigenvalue weighted by Crippen LogP contribution is -2.19. The molecule has 3 heterocycles. The number of amides is 1. The number of aromatic amines is 1. The number of anilines is 1. The Kier molecular flexibility index (Phi) is 5.45. The second-order valence-corrected chi connectivity index (χ2v) is 8.07. The van der Waals surface area contributed by atoms with Crippen LogP contribution in [0.25, 0.3) is 11.6 Å². The number of H-pyrrole nitrogens is 1. The molecule has 29 heavy (non-hydrogen) atoms. The molecule has 0 unspecified atom stereocenters. The van der Waals surface area contributed by atoms with Gasteiger partial charge in [0.25, 0.3) is 11.1 Å². The van der Waals surface area contributed by atoms with Crippen molar-refractivity contribution in [3.63, 3.8) is 0 Å². The molecule has 0 aliphatic heterocycles. The Bertz CT molecular complexity index is 1050. The van der Waals surface area contributed by atoms with Crippen LogP contribution in [0.5, 0.6) is 0 Å². The number of carbonyl (C=O) groups is 1. The van der Waals surface area contributed by atoms with Crippen molar-refractivity contribution in [3.05, 3.63) is 35.2 Å². The zero-order valence-corrected chi connectivity index (χ0v) is 17.2. The smallest absolute Gasteiger partial charge is 0.277 e. The summed E-state index contributed by atoms with van der Waals surface area (Å²) in [5.41, 5.74) is 3.24. The van der Waals surface area contributed by atoms with E-state index in [9.17, 15) is 10.1 Å². The maximum absolute atomic E-state index is 12.6. The first kappa shape index (κ1) is 19.3. The van der Waals surface area contributed by atoms with Crippen LogP contribution < -0.4 is 5.32 Å². The molecule has 9 heteroatoms. The van der Waals surface area contributed by atoms with E-state index >= 15 is 0 Å². The van der Waals surface area contributed by atoms with Gasteiger partial charge in [-0.3, -0.25) is 4.79 Å². The van der Waals surface area contributed by atoms with Crippen LogP contribution >= 0.6 is 11.8 Å². The van der Waals surface area contributed by atoms with Gasteiger partial charge in [-0.2, -0.15) is 5.26 Å². The van der Waals surface area contributed by atoms with Crippen molar-refractivity contribution in [1.29, 1.82) is 5.26 Å². The van der Waals surface area contributed by atoms with Crippen LogP contribution in [0, 0.1) is 25.2 Å². The zero-order valence-electron chi connectivity index (χ0n) is 16.4. The molecule has 3 aromatic rings. The highest BCUT2D eigenvalue weighted by Crippen LogP contribution is 2.37. The number of nitriles is 1. The molecule has 0 spiro atoms. The van der Waals surface area contributed by atoms with Gasteiger partial charge in [-0.05, 0) is 44.4 Å². The molecule has 8 nitrogen and oxygen atoms in total. The third kappa shape index (κ3) is 3.80. The summed E-state index contributed by atoms with van der Waals surface area (Å²) in [6, 6.07) is 6.27. The van der Waals surface area contributed by atoms with Crippen LogP contribution in [0.2, 0.25) is 0 Å². The Labute approximate surface area is 172 Å². The van der Waals surface area contributed by atoms with Gasteiger partial charge in [0, 0.05) is 17.9 Å². The van der Waals surface area contributed by atoms with E-state index in [4.69, 9.17) is 4.42 Å². The van der Waals surface area contributed by atoms with Gasteiger partial charge in [0.1, 0.15) is 17.6 Å². The topological polar surface area (TPSA) is 113 Å². The fraction of sp³-hybridized carbons (Fsp3) is 0.400. The van der Waals surface area contributed by atoms with Gasteiger partial charge >= 0.3 is 0 Å². The third-order valence-electron chi connectivity index (χ3n) is 5.38. The zero-order chi connectivity index (χ0) is 20.4. The van der Waals surface area contributed by atoms with E-state index in [-0.39, 0.29) is 11.7 Å². The summed E-state index contributed by atoms with van der Waals surface area (Å²) in [5, 5.41) is 20.9. The van der Waals surface area contributed by atoms with Gasteiger partial charge in [-0.15, -0.1) is 10.2 Å². The van der Waals surface area contributed by atoms with Crippen molar-refractivity contribution >= 4 is 23.5 Å². The molecule has 0 saturated heterocycles. The lowest BCUT2D eigenvalue weighted by Gasteiger charge is -2.19. The van der Waals surface area contributed by atoms with Gasteiger partial charge in [0.15, 0.2) is 0 Å². The summed E-state index contributed by atoms with van der Waals surface area (Å²) >= 11 is 1.17. The van der Waals surface area contributed by atoms with E-state index in [1.807, 2.05) is 26.0 Å². The summed E-state index contributed by atoms with van der Waals surface area (Å²) in [7, 11) is 0. The summed E-state index contributed by atoms with van der Waals surface area (Å²) in [6.45, 7) is 3.95. The van der Waals surface area contributed by atoms with Gasteiger partial charge in [-0.25, -0.2) is 0 Å². The Morgan fingerprint density at radius 3 is 2.90 bits per heavy atom. The summed E-state index contributed by atoms with van der Waals surface area (Å²) in [4.78, 5) is 15.6. The summed E-state index contributed by atoms with van der Waals surface area (Å²) in [5.74, 6) is 0.900. The van der Waals surface area contributed by atoms with Gasteiger partial charge in [0.2, 0.25) is 5.91 Å². The lowest BCUT2D eigenvalue weighted by atomic mass is 10.2. The van der Waals surface area contributed by atoms with E-state index in [1.54, 1.807) is 6.20 Å². The maximum Gasteiger partial charge on any atom is 0.277 e. The molecule has 0 atom stereocenters. The van der Waals surface area contributed by atoms with Crippen LogP contribution in [-0.4, -0.2) is 31.4 Å². The molecular weight excluding hydrogens is 388 g/mol. The Balaban J connectivity index is 1.47. The Hall–Kier alpha value is -2.99. The first-order chi connectivity index (χ1) is 14.1. The van der Waals surface area contributed by atoms with Crippen LogP contribution in [0.1, 0.15) is 48.5 Å². The fourth-order valence-corrected chi connectivity index (χ4v) is 4.40. The normalized spacial score (nSPS) is 14.2. The number of nitrogens with zero attached hydrogens (tertiary/aromatic N) is 4. The minimum absolute atomic E-state index is 0.116. The van der Waals surface area contributed by atoms with E-state index in [2.05, 4.69) is 31.1 Å². The molecule has 1 aliphatic rings. The molecule has 3 aromatic heterocycles. The van der Waals surface area contributed by atoms with E-state index in [1.165, 1.54) is 24.6 Å². The number of rotatable bonds is 6. The number of carbonyl (C=O) groups excluding carboxylic acids is 1. The lowest BCUT2D eigenvalue weighted by molar-refractivity contribution is -0.113. The molecule has 1 fully saturated rings. The molecule has 150 valence electrons. The molecule has 2 N–H and O–H groups in total. The highest BCUT2D eigenvalue weighted by molar-refractivity contribution is 7.99. The quantitative estimate of drug-likeness (QED) is 0.589. The average molecular weight is 411 g/mol. The number of hydrogen-bond donors (Lipinski definition) is 2. The first-order valence-electron chi connectivity index (χ1n) is 9.60. The minimum atomic E-state index is -0.206. The highest BCUT2D eigenvalue weighted by Gasteiger charge is 2.26. The Morgan fingerprint density at radius 2 is 2.21 bits per heavy atom. The molecule has 0 bridgehead atoms. The molecule has 0 aromatic carbocycles.